The Morgan fingerprint density at radius 1 is 1.18 bits per heavy atom. The predicted molar refractivity (Wildman–Crippen MR) is 152 cm³/mol. The monoisotopic (exact) mass is 536 g/mol. The summed E-state index contributed by atoms with van der Waals surface area (Å²) in [5.41, 5.74) is 3.74. The zero-order chi connectivity index (χ0) is 27.5. The van der Waals surface area contributed by atoms with Crippen molar-refractivity contribution in [1.29, 1.82) is 0 Å². The first-order chi connectivity index (χ1) is 18.9. The number of hydrogen-bond acceptors (Lipinski definition) is 7. The molecule has 0 radical (unpaired) electrons. The minimum Gasteiger partial charge on any atom is -0.499 e. The van der Waals surface area contributed by atoms with E-state index in [1.165, 1.54) is 39.0 Å². The lowest BCUT2D eigenvalue weighted by Crippen LogP contribution is -2.49. The molecule has 39 heavy (non-hydrogen) atoms. The van der Waals surface area contributed by atoms with Gasteiger partial charge >= 0.3 is 6.09 Å². The van der Waals surface area contributed by atoms with Gasteiger partial charge in [-0.1, -0.05) is 13.0 Å². The molecule has 2 aromatic rings. The summed E-state index contributed by atoms with van der Waals surface area (Å²) in [7, 11) is 3.87. The van der Waals surface area contributed by atoms with Crippen LogP contribution in [0.5, 0.6) is 0 Å². The molecule has 212 valence electrons. The summed E-state index contributed by atoms with van der Waals surface area (Å²) in [6.07, 6.45) is 13.5. The first-order valence-corrected chi connectivity index (χ1v) is 14.6. The highest BCUT2D eigenvalue weighted by molar-refractivity contribution is 5.71. The maximum Gasteiger partial charge on any atom is 0.411 e. The number of likely N-dealkylation sites (N-methyl/N-ethyl adjacent to an activating group) is 1. The number of alkyl carbamates (subject to hydrolysis) is 1. The summed E-state index contributed by atoms with van der Waals surface area (Å²) in [6.45, 7) is 10.6. The summed E-state index contributed by atoms with van der Waals surface area (Å²) in [5.74, 6) is 2.35. The van der Waals surface area contributed by atoms with Crippen LogP contribution in [0.2, 0.25) is 0 Å². The van der Waals surface area contributed by atoms with Gasteiger partial charge in [0.15, 0.2) is 0 Å². The summed E-state index contributed by atoms with van der Waals surface area (Å²) >= 11 is 0. The molecule has 1 saturated heterocycles. The van der Waals surface area contributed by atoms with Gasteiger partial charge in [-0.25, -0.2) is 9.78 Å². The van der Waals surface area contributed by atoms with Crippen LogP contribution in [-0.2, 0) is 9.47 Å². The smallest absolute Gasteiger partial charge is 0.411 e. The van der Waals surface area contributed by atoms with E-state index in [1.54, 1.807) is 7.11 Å². The van der Waals surface area contributed by atoms with Gasteiger partial charge in [-0.05, 0) is 59.1 Å². The van der Waals surface area contributed by atoms with Crippen molar-refractivity contribution in [3.63, 3.8) is 0 Å². The highest BCUT2D eigenvalue weighted by atomic mass is 16.6. The second-order valence-corrected chi connectivity index (χ2v) is 11.4. The van der Waals surface area contributed by atoms with Gasteiger partial charge in [-0.3, -0.25) is 19.6 Å². The van der Waals surface area contributed by atoms with Crippen LogP contribution >= 0.6 is 0 Å². The maximum atomic E-state index is 12.3. The molecule has 2 aliphatic carbocycles. The van der Waals surface area contributed by atoms with Gasteiger partial charge in [-0.2, -0.15) is 0 Å². The lowest BCUT2D eigenvalue weighted by molar-refractivity contribution is 0.0872. The number of aromatic nitrogens is 3. The Morgan fingerprint density at radius 2 is 1.92 bits per heavy atom. The number of imidazole rings is 1. The van der Waals surface area contributed by atoms with Gasteiger partial charge in [0.05, 0.1) is 29.7 Å². The number of piperazine rings is 1. The quantitative estimate of drug-likeness (QED) is 0.547. The molecule has 1 N–H and O–H groups in total. The highest BCUT2D eigenvalue weighted by Gasteiger charge is 2.32. The molecular formula is C30H44N6O3. The molecule has 9 nitrogen and oxygen atoms in total. The minimum atomic E-state index is -0.459. The number of aryl methyl sites for hydroxylation is 1. The molecule has 2 unspecified atom stereocenters. The van der Waals surface area contributed by atoms with Crippen molar-refractivity contribution in [2.45, 2.75) is 83.3 Å². The Balaban J connectivity index is 1.34. The molecule has 1 aliphatic heterocycles. The van der Waals surface area contributed by atoms with E-state index < -0.39 is 6.09 Å². The lowest BCUT2D eigenvalue weighted by atomic mass is 9.84. The van der Waals surface area contributed by atoms with Crippen molar-refractivity contribution < 1.29 is 14.3 Å². The van der Waals surface area contributed by atoms with Crippen LogP contribution in [0.4, 0.5) is 4.79 Å². The normalized spacial score (nSPS) is 25.6. The van der Waals surface area contributed by atoms with Crippen molar-refractivity contribution in [3.8, 4) is 0 Å². The minimum absolute atomic E-state index is 0.0319. The van der Waals surface area contributed by atoms with Crippen LogP contribution in [0.25, 0.3) is 5.52 Å². The highest BCUT2D eigenvalue weighted by Crippen LogP contribution is 2.39. The number of hydrogen-bond donors (Lipinski definition) is 1. The molecule has 2 atom stereocenters. The Bertz CT molecular complexity index is 1220. The number of ether oxygens (including phenoxy) is 2. The first kappa shape index (κ1) is 27.6. The third-order valence-electron chi connectivity index (χ3n) is 8.83. The average molecular weight is 537 g/mol. The molecule has 3 heterocycles. The number of nitrogens with zero attached hydrogens (tertiary/aromatic N) is 5. The van der Waals surface area contributed by atoms with Gasteiger partial charge in [0.25, 0.3) is 0 Å². The fourth-order valence-electron chi connectivity index (χ4n) is 6.27. The fraction of sp³-hybridized carbons (Fsp3) is 0.633. The van der Waals surface area contributed by atoms with Gasteiger partial charge in [0, 0.05) is 62.9 Å². The molecule has 3 aliphatic rings. The standard InChI is InChI=1S/C30H44N6O3/c1-6-20(2)39-30(37)32-25-12-9-23(19-26(25)38-5)27-28-21(3)31-13-14-36(28)29(33-27)22-7-10-24(11-8-22)35-17-15-34(4)16-18-35/h9,12-14,20,22-24H,6-8,10-11,15-19H2,1-5H3,(H,32,37). The van der Waals surface area contributed by atoms with E-state index in [-0.39, 0.29) is 12.0 Å². The predicted octanol–water partition coefficient (Wildman–Crippen LogP) is 4.74. The largest absolute Gasteiger partial charge is 0.499 e. The Kier molecular flexibility index (Phi) is 8.57. The Labute approximate surface area is 232 Å². The maximum absolute atomic E-state index is 12.3. The Hall–Kier alpha value is -2.91. The number of rotatable bonds is 7. The molecule has 2 aromatic heterocycles. The number of carbonyl (C=O) groups excluding carboxylic acids is 1. The molecule has 0 spiro atoms. The zero-order valence-corrected chi connectivity index (χ0v) is 24.2. The van der Waals surface area contributed by atoms with Gasteiger partial charge in [-0.15, -0.1) is 0 Å². The second-order valence-electron chi connectivity index (χ2n) is 11.4. The molecule has 1 amide bonds. The van der Waals surface area contributed by atoms with Crippen molar-refractivity contribution >= 4 is 11.6 Å². The van der Waals surface area contributed by atoms with Crippen molar-refractivity contribution in [2.75, 3.05) is 40.3 Å². The van der Waals surface area contributed by atoms with Gasteiger partial charge in [0.1, 0.15) is 17.7 Å². The topological polar surface area (TPSA) is 84.2 Å². The van der Waals surface area contributed by atoms with E-state index in [1.807, 2.05) is 26.1 Å². The van der Waals surface area contributed by atoms with Crippen molar-refractivity contribution in [3.05, 3.63) is 53.2 Å². The van der Waals surface area contributed by atoms with Gasteiger partial charge in [0.2, 0.25) is 0 Å². The van der Waals surface area contributed by atoms with Crippen LogP contribution in [0, 0.1) is 6.92 Å². The van der Waals surface area contributed by atoms with Crippen molar-refractivity contribution in [2.24, 2.45) is 0 Å². The molecule has 0 bridgehead atoms. The summed E-state index contributed by atoms with van der Waals surface area (Å²) in [5, 5.41) is 2.86. The molecule has 2 fully saturated rings. The van der Waals surface area contributed by atoms with E-state index >= 15 is 0 Å². The van der Waals surface area contributed by atoms with Crippen molar-refractivity contribution in [1.82, 2.24) is 29.5 Å². The molecule has 5 rings (SSSR count). The Morgan fingerprint density at radius 3 is 2.62 bits per heavy atom. The number of carbonyl (C=O) groups is 1. The number of amides is 1. The van der Waals surface area contributed by atoms with E-state index in [0.717, 1.165) is 47.8 Å². The average Bonchev–Trinajstić information content (AvgIpc) is 3.34. The van der Waals surface area contributed by atoms with Crippen LogP contribution < -0.4 is 5.32 Å². The third-order valence-corrected chi connectivity index (χ3v) is 8.83. The number of methoxy groups -OCH3 is 1. The van der Waals surface area contributed by atoms with Crippen LogP contribution in [-0.4, -0.2) is 82.7 Å². The van der Waals surface area contributed by atoms with Crippen LogP contribution in [0.1, 0.15) is 81.4 Å². The second kappa shape index (κ2) is 12.1. The SMILES string of the molecule is CCC(C)OC(=O)NC1=C(OC)CC(c2nc(C3CCC(N4CCN(C)CC4)CC3)n3ccnc(C)c23)C=C1. The van der Waals surface area contributed by atoms with Crippen LogP contribution in [0.15, 0.2) is 36.0 Å². The fourth-order valence-corrected chi connectivity index (χ4v) is 6.27. The van der Waals surface area contributed by atoms with E-state index in [0.29, 0.717) is 24.1 Å². The molecule has 9 heteroatoms. The van der Waals surface area contributed by atoms with E-state index in [9.17, 15) is 4.79 Å². The number of nitrogens with one attached hydrogen (secondary N) is 1. The number of allylic oxidation sites excluding steroid dienone is 3. The summed E-state index contributed by atoms with van der Waals surface area (Å²) in [4.78, 5) is 27.4. The first-order valence-electron chi connectivity index (χ1n) is 14.6. The summed E-state index contributed by atoms with van der Waals surface area (Å²) < 4.78 is 13.4. The third kappa shape index (κ3) is 5.99. The molecule has 1 saturated carbocycles. The number of fused-ring (bicyclic) bond motifs is 1. The summed E-state index contributed by atoms with van der Waals surface area (Å²) in [6, 6.07) is 0.692. The van der Waals surface area contributed by atoms with Gasteiger partial charge < -0.3 is 14.4 Å². The molecule has 0 aromatic carbocycles. The van der Waals surface area contributed by atoms with E-state index in [4.69, 9.17) is 14.5 Å². The lowest BCUT2D eigenvalue weighted by Gasteiger charge is -2.41. The molecular weight excluding hydrogens is 492 g/mol. The van der Waals surface area contributed by atoms with E-state index in [2.05, 4.69) is 50.7 Å². The van der Waals surface area contributed by atoms with Crippen LogP contribution in [0.3, 0.4) is 0 Å². The zero-order valence-electron chi connectivity index (χ0n) is 24.2.